The zero-order valence-electron chi connectivity index (χ0n) is 9.08. The summed E-state index contributed by atoms with van der Waals surface area (Å²) in [5.74, 6) is 0. The highest BCUT2D eigenvalue weighted by molar-refractivity contribution is 7.08. The number of piperazine rings is 1. The maximum absolute atomic E-state index is 3.56. The Hall–Kier alpha value is -0.540. The molecule has 1 unspecified atom stereocenters. The number of rotatable bonds is 1. The van der Waals surface area contributed by atoms with Gasteiger partial charge in [-0.2, -0.15) is 11.3 Å². The van der Waals surface area contributed by atoms with E-state index >= 15 is 0 Å². The highest BCUT2D eigenvalue weighted by Gasteiger charge is 2.30. The van der Waals surface area contributed by atoms with Crippen molar-refractivity contribution in [2.24, 2.45) is 0 Å². The molecule has 2 heterocycles. The second-order valence-electron chi connectivity index (χ2n) is 4.72. The molecule has 0 amide bonds. The standard InChI is InChI=1S/C11H18N2S/c1-9-6-12-11(2,3)8-13(9)10-4-5-14-7-10/h4-5,7,9,12H,6,8H2,1-3H3. The Kier molecular flexibility index (Phi) is 2.54. The van der Waals surface area contributed by atoms with Crippen molar-refractivity contribution in [1.29, 1.82) is 0 Å². The lowest BCUT2D eigenvalue weighted by Crippen LogP contribution is -2.60. The van der Waals surface area contributed by atoms with Gasteiger partial charge in [-0.05, 0) is 32.2 Å². The number of nitrogens with one attached hydrogen (secondary N) is 1. The summed E-state index contributed by atoms with van der Waals surface area (Å²) in [7, 11) is 0. The summed E-state index contributed by atoms with van der Waals surface area (Å²) in [6.07, 6.45) is 0. The number of hydrogen-bond donors (Lipinski definition) is 1. The van der Waals surface area contributed by atoms with Gasteiger partial charge in [-0.25, -0.2) is 0 Å². The van der Waals surface area contributed by atoms with Crippen LogP contribution in [0.5, 0.6) is 0 Å². The van der Waals surface area contributed by atoms with Crippen LogP contribution in [0.2, 0.25) is 0 Å². The zero-order chi connectivity index (χ0) is 10.2. The minimum absolute atomic E-state index is 0.231. The van der Waals surface area contributed by atoms with Gasteiger partial charge in [-0.3, -0.25) is 0 Å². The van der Waals surface area contributed by atoms with E-state index in [0.717, 1.165) is 13.1 Å². The van der Waals surface area contributed by atoms with Gasteiger partial charge in [0.2, 0.25) is 0 Å². The van der Waals surface area contributed by atoms with E-state index < -0.39 is 0 Å². The van der Waals surface area contributed by atoms with Crippen LogP contribution in [-0.4, -0.2) is 24.7 Å². The van der Waals surface area contributed by atoms with Crippen molar-refractivity contribution in [2.75, 3.05) is 18.0 Å². The van der Waals surface area contributed by atoms with Crippen LogP contribution < -0.4 is 10.2 Å². The molecular weight excluding hydrogens is 192 g/mol. The van der Waals surface area contributed by atoms with Gasteiger partial charge in [-0.1, -0.05) is 0 Å². The summed E-state index contributed by atoms with van der Waals surface area (Å²) >= 11 is 1.77. The minimum atomic E-state index is 0.231. The third-order valence-corrected chi connectivity index (χ3v) is 3.48. The van der Waals surface area contributed by atoms with Gasteiger partial charge in [0.25, 0.3) is 0 Å². The lowest BCUT2D eigenvalue weighted by atomic mass is 9.99. The van der Waals surface area contributed by atoms with Crippen molar-refractivity contribution in [3.63, 3.8) is 0 Å². The van der Waals surface area contributed by atoms with Crippen LogP contribution in [0, 0.1) is 0 Å². The van der Waals surface area contributed by atoms with Crippen LogP contribution in [0.4, 0.5) is 5.69 Å². The lowest BCUT2D eigenvalue weighted by Gasteiger charge is -2.44. The third-order valence-electron chi connectivity index (χ3n) is 2.81. The highest BCUT2D eigenvalue weighted by Crippen LogP contribution is 2.25. The Balaban J connectivity index is 2.17. The summed E-state index contributed by atoms with van der Waals surface area (Å²) in [4.78, 5) is 2.49. The van der Waals surface area contributed by atoms with Crippen LogP contribution in [0.25, 0.3) is 0 Å². The molecule has 1 fully saturated rings. The fraction of sp³-hybridized carbons (Fsp3) is 0.636. The molecule has 2 nitrogen and oxygen atoms in total. The molecule has 0 radical (unpaired) electrons. The van der Waals surface area contributed by atoms with Gasteiger partial charge in [0.05, 0.1) is 0 Å². The maximum atomic E-state index is 3.56. The van der Waals surface area contributed by atoms with Gasteiger partial charge < -0.3 is 10.2 Å². The third kappa shape index (κ3) is 1.93. The van der Waals surface area contributed by atoms with E-state index in [1.807, 2.05) is 0 Å². The van der Waals surface area contributed by atoms with Gasteiger partial charge >= 0.3 is 0 Å². The normalized spacial score (nSPS) is 26.5. The molecule has 0 bridgehead atoms. The molecule has 1 aliphatic rings. The van der Waals surface area contributed by atoms with Crippen molar-refractivity contribution in [3.05, 3.63) is 16.8 Å². The number of hydrogen-bond acceptors (Lipinski definition) is 3. The topological polar surface area (TPSA) is 15.3 Å². The van der Waals surface area contributed by atoms with Gasteiger partial charge in [0, 0.05) is 35.7 Å². The van der Waals surface area contributed by atoms with E-state index in [2.05, 4.69) is 47.8 Å². The molecule has 1 aromatic heterocycles. The lowest BCUT2D eigenvalue weighted by molar-refractivity contribution is 0.318. The zero-order valence-corrected chi connectivity index (χ0v) is 9.90. The Morgan fingerprint density at radius 2 is 2.36 bits per heavy atom. The van der Waals surface area contributed by atoms with Crippen LogP contribution in [-0.2, 0) is 0 Å². The quantitative estimate of drug-likeness (QED) is 0.765. The second kappa shape index (κ2) is 3.55. The summed E-state index contributed by atoms with van der Waals surface area (Å²) in [5, 5.41) is 7.95. The molecular formula is C11H18N2S. The Morgan fingerprint density at radius 3 is 3.00 bits per heavy atom. The van der Waals surface area contributed by atoms with E-state index in [0.29, 0.717) is 6.04 Å². The molecule has 78 valence electrons. The van der Waals surface area contributed by atoms with Crippen molar-refractivity contribution in [2.45, 2.75) is 32.4 Å². The molecule has 1 N–H and O–H groups in total. The van der Waals surface area contributed by atoms with Crippen LogP contribution in [0.1, 0.15) is 20.8 Å². The number of anilines is 1. The molecule has 1 atom stereocenters. The van der Waals surface area contributed by atoms with Crippen molar-refractivity contribution < 1.29 is 0 Å². The van der Waals surface area contributed by atoms with E-state index in [9.17, 15) is 0 Å². The van der Waals surface area contributed by atoms with Crippen molar-refractivity contribution >= 4 is 17.0 Å². The molecule has 3 heteroatoms. The first-order chi connectivity index (χ1) is 6.58. The first-order valence-corrected chi connectivity index (χ1v) is 6.07. The maximum Gasteiger partial charge on any atom is 0.0478 e. The molecule has 0 aliphatic carbocycles. The smallest absolute Gasteiger partial charge is 0.0478 e. The fourth-order valence-corrected chi connectivity index (χ4v) is 2.59. The first-order valence-electron chi connectivity index (χ1n) is 5.12. The van der Waals surface area contributed by atoms with E-state index in [-0.39, 0.29) is 5.54 Å². The molecule has 0 aromatic carbocycles. The Bertz CT molecular complexity index is 292. The molecule has 1 saturated heterocycles. The molecule has 14 heavy (non-hydrogen) atoms. The summed E-state index contributed by atoms with van der Waals surface area (Å²) in [6.45, 7) is 8.96. The largest absolute Gasteiger partial charge is 0.365 e. The second-order valence-corrected chi connectivity index (χ2v) is 5.50. The highest BCUT2D eigenvalue weighted by atomic mass is 32.1. The van der Waals surface area contributed by atoms with Crippen LogP contribution >= 0.6 is 11.3 Å². The van der Waals surface area contributed by atoms with Gasteiger partial charge in [-0.15, -0.1) is 0 Å². The van der Waals surface area contributed by atoms with Crippen LogP contribution in [0.3, 0.4) is 0 Å². The fourth-order valence-electron chi connectivity index (χ4n) is 1.94. The number of nitrogens with zero attached hydrogens (tertiary/aromatic N) is 1. The van der Waals surface area contributed by atoms with Crippen LogP contribution in [0.15, 0.2) is 16.8 Å². The van der Waals surface area contributed by atoms with E-state index in [1.165, 1.54) is 5.69 Å². The monoisotopic (exact) mass is 210 g/mol. The van der Waals surface area contributed by atoms with E-state index in [4.69, 9.17) is 0 Å². The molecule has 1 aliphatic heterocycles. The number of thiophene rings is 1. The predicted molar refractivity (Wildman–Crippen MR) is 63.2 cm³/mol. The summed E-state index contributed by atoms with van der Waals surface area (Å²) in [6, 6.07) is 2.81. The summed E-state index contributed by atoms with van der Waals surface area (Å²) in [5.41, 5.74) is 1.60. The predicted octanol–water partition coefficient (Wildman–Crippen LogP) is 2.32. The molecule has 0 spiro atoms. The summed E-state index contributed by atoms with van der Waals surface area (Å²) < 4.78 is 0. The molecule has 2 rings (SSSR count). The van der Waals surface area contributed by atoms with E-state index in [1.54, 1.807) is 11.3 Å². The van der Waals surface area contributed by atoms with Gasteiger partial charge in [0.15, 0.2) is 0 Å². The SMILES string of the molecule is CC1CNC(C)(C)CN1c1ccsc1. The first kappa shape index (κ1) is 9.99. The van der Waals surface area contributed by atoms with Crippen molar-refractivity contribution in [1.82, 2.24) is 5.32 Å². The molecule has 1 aromatic rings. The Labute approximate surface area is 89.9 Å². The average molecular weight is 210 g/mol. The van der Waals surface area contributed by atoms with Gasteiger partial charge in [0.1, 0.15) is 0 Å². The Morgan fingerprint density at radius 1 is 1.57 bits per heavy atom. The minimum Gasteiger partial charge on any atom is -0.365 e. The average Bonchev–Trinajstić information content (AvgIpc) is 2.62. The van der Waals surface area contributed by atoms with Crippen molar-refractivity contribution in [3.8, 4) is 0 Å². The molecule has 0 saturated carbocycles.